The van der Waals surface area contributed by atoms with Crippen molar-refractivity contribution < 1.29 is 4.74 Å². The van der Waals surface area contributed by atoms with Crippen molar-refractivity contribution in [3.8, 4) is 0 Å². The molecule has 0 fully saturated rings. The summed E-state index contributed by atoms with van der Waals surface area (Å²) in [5.74, 6) is 0.842. The van der Waals surface area contributed by atoms with Crippen molar-refractivity contribution in [3.05, 3.63) is 33.0 Å². The van der Waals surface area contributed by atoms with E-state index in [4.69, 9.17) is 4.74 Å². The third-order valence-electron chi connectivity index (χ3n) is 4.10. The van der Waals surface area contributed by atoms with E-state index in [9.17, 15) is 0 Å². The number of halogens is 1. The Morgan fingerprint density at radius 3 is 2.69 bits per heavy atom. The van der Waals surface area contributed by atoms with Gasteiger partial charge in [0.1, 0.15) is 0 Å². The lowest BCUT2D eigenvalue weighted by Crippen LogP contribution is -2.38. The molecule has 0 bridgehead atoms. The number of guanidine groups is 1. The summed E-state index contributed by atoms with van der Waals surface area (Å²) in [7, 11) is 5.52. The van der Waals surface area contributed by atoms with Crippen LogP contribution < -0.4 is 5.32 Å². The standard InChI is InChI=1S/C17H28N6OS.HI/c1-12-16(13(2)23(21-12)7-8-24-6)9-19-17(18-4)22(5)10-15-11-25-14(3)20-15;/h11H,7-10H2,1-6H3,(H,18,19);1H. The molecule has 26 heavy (non-hydrogen) atoms. The van der Waals surface area contributed by atoms with Crippen LogP contribution in [-0.2, 0) is 24.4 Å². The molecule has 1 N–H and O–H groups in total. The van der Waals surface area contributed by atoms with Gasteiger partial charge in [0.2, 0.25) is 0 Å². The number of thiazole rings is 1. The second kappa shape index (κ2) is 10.8. The number of hydrogen-bond donors (Lipinski definition) is 1. The zero-order valence-corrected chi connectivity index (χ0v) is 19.5. The van der Waals surface area contributed by atoms with Crippen molar-refractivity contribution in [1.29, 1.82) is 0 Å². The van der Waals surface area contributed by atoms with Crippen molar-refractivity contribution in [2.75, 3.05) is 27.8 Å². The summed E-state index contributed by atoms with van der Waals surface area (Å²) < 4.78 is 7.15. The molecule has 0 saturated heterocycles. The van der Waals surface area contributed by atoms with E-state index in [1.165, 1.54) is 5.56 Å². The highest BCUT2D eigenvalue weighted by molar-refractivity contribution is 14.0. The highest BCUT2D eigenvalue weighted by atomic mass is 127. The molecular weight excluding hydrogens is 463 g/mol. The van der Waals surface area contributed by atoms with Crippen LogP contribution >= 0.6 is 35.3 Å². The van der Waals surface area contributed by atoms with Crippen LogP contribution in [-0.4, -0.2) is 53.4 Å². The van der Waals surface area contributed by atoms with Crippen LogP contribution in [0.2, 0.25) is 0 Å². The average Bonchev–Trinajstić information content (AvgIpc) is 3.10. The van der Waals surface area contributed by atoms with Crippen LogP contribution in [0.1, 0.15) is 27.7 Å². The molecule has 9 heteroatoms. The maximum Gasteiger partial charge on any atom is 0.194 e. The first-order chi connectivity index (χ1) is 12.0. The van der Waals surface area contributed by atoms with Gasteiger partial charge in [-0.15, -0.1) is 35.3 Å². The molecule has 0 radical (unpaired) electrons. The van der Waals surface area contributed by atoms with Crippen LogP contribution in [0.25, 0.3) is 0 Å². The summed E-state index contributed by atoms with van der Waals surface area (Å²) in [6.45, 7) is 9.00. The number of aryl methyl sites for hydroxylation is 2. The van der Waals surface area contributed by atoms with E-state index in [-0.39, 0.29) is 24.0 Å². The maximum absolute atomic E-state index is 5.15. The van der Waals surface area contributed by atoms with Crippen molar-refractivity contribution in [2.45, 2.75) is 40.4 Å². The molecule has 7 nitrogen and oxygen atoms in total. The Balaban J connectivity index is 0.00000338. The Bertz CT molecular complexity index is 727. The number of aromatic nitrogens is 3. The van der Waals surface area contributed by atoms with E-state index in [1.807, 2.05) is 25.6 Å². The molecule has 2 aromatic rings. The Kier molecular flexibility index (Phi) is 9.51. The van der Waals surface area contributed by atoms with E-state index in [2.05, 4.69) is 37.6 Å². The van der Waals surface area contributed by atoms with Gasteiger partial charge in [0.15, 0.2) is 5.96 Å². The van der Waals surface area contributed by atoms with Gasteiger partial charge in [-0.25, -0.2) is 4.98 Å². The summed E-state index contributed by atoms with van der Waals surface area (Å²) in [6, 6.07) is 0. The van der Waals surface area contributed by atoms with Gasteiger partial charge in [0, 0.05) is 44.4 Å². The molecule has 0 spiro atoms. The first-order valence-corrected chi connectivity index (χ1v) is 9.18. The summed E-state index contributed by atoms with van der Waals surface area (Å²) in [4.78, 5) is 11.0. The Morgan fingerprint density at radius 1 is 1.38 bits per heavy atom. The van der Waals surface area contributed by atoms with Crippen LogP contribution in [0.5, 0.6) is 0 Å². The zero-order chi connectivity index (χ0) is 18.4. The van der Waals surface area contributed by atoms with Gasteiger partial charge in [-0.1, -0.05) is 0 Å². The minimum Gasteiger partial charge on any atom is -0.383 e. The molecule has 0 aliphatic heterocycles. The lowest BCUT2D eigenvalue weighted by atomic mass is 10.2. The lowest BCUT2D eigenvalue weighted by Gasteiger charge is -2.21. The predicted octanol–water partition coefficient (Wildman–Crippen LogP) is 2.74. The largest absolute Gasteiger partial charge is 0.383 e. The topological polar surface area (TPSA) is 67.6 Å². The molecule has 0 aliphatic carbocycles. The Hall–Kier alpha value is -1.20. The quantitative estimate of drug-likeness (QED) is 0.366. The molecule has 0 aromatic carbocycles. The summed E-state index contributed by atoms with van der Waals surface area (Å²) >= 11 is 1.67. The second-order valence-corrected chi connectivity index (χ2v) is 7.04. The molecule has 0 aliphatic rings. The fourth-order valence-corrected chi connectivity index (χ4v) is 3.34. The minimum absolute atomic E-state index is 0. The number of ether oxygens (including phenoxy) is 1. The number of aliphatic imine (C=N–C) groups is 1. The number of nitrogens with zero attached hydrogens (tertiary/aromatic N) is 5. The van der Waals surface area contributed by atoms with E-state index in [0.29, 0.717) is 13.2 Å². The van der Waals surface area contributed by atoms with E-state index in [1.54, 1.807) is 25.5 Å². The van der Waals surface area contributed by atoms with Crippen LogP contribution in [0.3, 0.4) is 0 Å². The van der Waals surface area contributed by atoms with Gasteiger partial charge in [0.25, 0.3) is 0 Å². The van der Waals surface area contributed by atoms with Gasteiger partial charge >= 0.3 is 0 Å². The normalized spacial score (nSPS) is 11.4. The fraction of sp³-hybridized carbons (Fsp3) is 0.588. The van der Waals surface area contributed by atoms with Gasteiger partial charge in [-0.05, 0) is 20.8 Å². The van der Waals surface area contributed by atoms with Crippen LogP contribution in [0.15, 0.2) is 10.4 Å². The first-order valence-electron chi connectivity index (χ1n) is 8.30. The van der Waals surface area contributed by atoms with Crippen molar-refractivity contribution in [3.63, 3.8) is 0 Å². The number of rotatable bonds is 7. The molecule has 2 heterocycles. The van der Waals surface area contributed by atoms with Crippen molar-refractivity contribution in [1.82, 2.24) is 25.0 Å². The van der Waals surface area contributed by atoms with Gasteiger partial charge < -0.3 is 15.0 Å². The molecule has 0 atom stereocenters. The van der Waals surface area contributed by atoms with Crippen molar-refractivity contribution >= 4 is 41.3 Å². The smallest absolute Gasteiger partial charge is 0.194 e. The summed E-state index contributed by atoms with van der Waals surface area (Å²) in [5, 5.41) is 11.2. The third kappa shape index (κ3) is 5.92. The number of hydrogen-bond acceptors (Lipinski definition) is 5. The molecular formula is C17H29IN6OS. The van der Waals surface area contributed by atoms with E-state index in [0.717, 1.165) is 41.1 Å². The highest BCUT2D eigenvalue weighted by Gasteiger charge is 2.14. The summed E-state index contributed by atoms with van der Waals surface area (Å²) in [5.41, 5.74) is 4.47. The molecule has 2 aromatic heterocycles. The average molecular weight is 492 g/mol. The Morgan fingerprint density at radius 2 is 2.12 bits per heavy atom. The molecule has 2 rings (SSSR count). The third-order valence-corrected chi connectivity index (χ3v) is 4.92. The van der Waals surface area contributed by atoms with Crippen LogP contribution in [0.4, 0.5) is 0 Å². The molecule has 146 valence electrons. The van der Waals surface area contributed by atoms with Gasteiger partial charge in [0.05, 0.1) is 36.1 Å². The van der Waals surface area contributed by atoms with E-state index < -0.39 is 0 Å². The monoisotopic (exact) mass is 492 g/mol. The minimum atomic E-state index is 0. The SMILES string of the molecule is CN=C(NCc1c(C)nn(CCOC)c1C)N(C)Cc1csc(C)n1.I. The summed E-state index contributed by atoms with van der Waals surface area (Å²) in [6.07, 6.45) is 0. The van der Waals surface area contributed by atoms with Gasteiger partial charge in [-0.2, -0.15) is 5.10 Å². The fourth-order valence-electron chi connectivity index (χ4n) is 2.74. The first kappa shape index (κ1) is 22.8. The van der Waals surface area contributed by atoms with E-state index >= 15 is 0 Å². The van der Waals surface area contributed by atoms with Crippen LogP contribution in [0, 0.1) is 20.8 Å². The Labute approximate surface area is 176 Å². The van der Waals surface area contributed by atoms with Gasteiger partial charge in [-0.3, -0.25) is 9.67 Å². The lowest BCUT2D eigenvalue weighted by molar-refractivity contribution is 0.182. The zero-order valence-electron chi connectivity index (χ0n) is 16.4. The molecule has 0 amide bonds. The predicted molar refractivity (Wildman–Crippen MR) is 118 cm³/mol. The number of nitrogens with one attached hydrogen (secondary N) is 1. The van der Waals surface area contributed by atoms with Crippen molar-refractivity contribution in [2.24, 2.45) is 4.99 Å². The highest BCUT2D eigenvalue weighted by Crippen LogP contribution is 2.13. The second-order valence-electron chi connectivity index (χ2n) is 5.98. The molecule has 0 unspecified atom stereocenters. The number of methoxy groups -OCH3 is 1. The molecule has 0 saturated carbocycles. The maximum atomic E-state index is 5.15.